The summed E-state index contributed by atoms with van der Waals surface area (Å²) in [5.41, 5.74) is 4.00. The van der Waals surface area contributed by atoms with E-state index in [1.54, 1.807) is 0 Å². The number of rotatable bonds is 2. The second kappa shape index (κ2) is 5.82. The van der Waals surface area contributed by atoms with E-state index < -0.39 is 0 Å². The zero-order valence-electron chi connectivity index (χ0n) is 13.3. The molecule has 0 fully saturated rings. The fourth-order valence-electron chi connectivity index (χ4n) is 3.02. The molecule has 1 heterocycles. The Kier molecular flexibility index (Phi) is 3.51. The molecule has 3 aromatic carbocycles. The lowest BCUT2D eigenvalue weighted by Gasteiger charge is -2.11. The van der Waals surface area contributed by atoms with Crippen molar-refractivity contribution in [2.45, 2.75) is 6.92 Å². The molecule has 2 nitrogen and oxygen atoms in total. The maximum absolute atomic E-state index is 13.2. The van der Waals surface area contributed by atoms with Crippen LogP contribution >= 0.6 is 0 Å². The molecule has 0 aliphatic rings. The fourth-order valence-corrected chi connectivity index (χ4v) is 3.02. The average Bonchev–Trinajstić information content (AvgIpc) is 2.64. The van der Waals surface area contributed by atoms with Crippen LogP contribution in [0.4, 0.5) is 0 Å². The Morgan fingerprint density at radius 2 is 1.33 bits per heavy atom. The van der Waals surface area contributed by atoms with Crippen molar-refractivity contribution in [3.63, 3.8) is 0 Å². The van der Waals surface area contributed by atoms with Crippen LogP contribution in [0.15, 0.2) is 88.1 Å². The van der Waals surface area contributed by atoms with Gasteiger partial charge in [0, 0.05) is 5.56 Å². The van der Waals surface area contributed by atoms with E-state index in [9.17, 15) is 4.79 Å². The topological polar surface area (TPSA) is 30.2 Å². The highest BCUT2D eigenvalue weighted by Gasteiger charge is 2.18. The Morgan fingerprint density at radius 1 is 0.708 bits per heavy atom. The molecule has 0 bridgehead atoms. The molecule has 0 saturated carbocycles. The number of hydrogen-bond acceptors (Lipinski definition) is 2. The van der Waals surface area contributed by atoms with Crippen LogP contribution in [0, 0.1) is 6.92 Å². The Balaban J connectivity index is 2.16. The van der Waals surface area contributed by atoms with Gasteiger partial charge in [0.05, 0.1) is 10.9 Å². The van der Waals surface area contributed by atoms with Gasteiger partial charge in [-0.3, -0.25) is 4.79 Å². The Morgan fingerprint density at radius 3 is 2.00 bits per heavy atom. The first kappa shape index (κ1) is 14.5. The monoisotopic (exact) mass is 312 g/mol. The van der Waals surface area contributed by atoms with E-state index in [2.05, 4.69) is 0 Å². The number of aryl methyl sites for hydroxylation is 1. The number of fused-ring (bicyclic) bond motifs is 1. The number of benzene rings is 3. The molecule has 0 radical (unpaired) electrons. The van der Waals surface area contributed by atoms with Crippen LogP contribution in [0.25, 0.3) is 33.4 Å². The molecular weight excluding hydrogens is 296 g/mol. The summed E-state index contributed by atoms with van der Waals surface area (Å²) in [6, 6.07) is 25.2. The molecule has 0 aliphatic heterocycles. The Bertz CT molecular complexity index is 1060. The van der Waals surface area contributed by atoms with Crippen molar-refractivity contribution in [2.24, 2.45) is 0 Å². The molecule has 0 N–H and O–H groups in total. The van der Waals surface area contributed by atoms with E-state index in [-0.39, 0.29) is 5.43 Å². The van der Waals surface area contributed by atoms with Gasteiger partial charge in [-0.2, -0.15) is 0 Å². The van der Waals surface area contributed by atoms with Crippen LogP contribution in [0.3, 0.4) is 0 Å². The summed E-state index contributed by atoms with van der Waals surface area (Å²) >= 11 is 0. The van der Waals surface area contributed by atoms with Crippen molar-refractivity contribution in [1.29, 1.82) is 0 Å². The second-order valence-corrected chi connectivity index (χ2v) is 5.82. The molecular formula is C22H16O2. The number of para-hydroxylation sites is 1. The lowest BCUT2D eigenvalue weighted by molar-refractivity contribution is 0.618. The summed E-state index contributed by atoms with van der Waals surface area (Å²) in [5, 5.41) is 0.619. The van der Waals surface area contributed by atoms with Crippen LogP contribution in [0.2, 0.25) is 0 Å². The highest BCUT2D eigenvalue weighted by molar-refractivity contribution is 5.90. The van der Waals surface area contributed by atoms with Crippen molar-refractivity contribution in [2.75, 3.05) is 0 Å². The third kappa shape index (κ3) is 2.33. The van der Waals surface area contributed by atoms with Crippen LogP contribution < -0.4 is 5.43 Å². The first-order chi connectivity index (χ1) is 11.8. The molecule has 0 spiro atoms. The SMILES string of the molecule is Cc1cccc2c(=O)c(-c3ccccc3)c(-c3ccccc3)oc12. The van der Waals surface area contributed by atoms with Gasteiger partial charge in [0.1, 0.15) is 11.3 Å². The molecule has 116 valence electrons. The summed E-state index contributed by atoms with van der Waals surface area (Å²) in [6.45, 7) is 1.96. The third-order valence-electron chi connectivity index (χ3n) is 4.21. The van der Waals surface area contributed by atoms with E-state index in [1.807, 2.05) is 85.8 Å². The Hall–Kier alpha value is -3.13. The molecule has 0 saturated heterocycles. The lowest BCUT2D eigenvalue weighted by Crippen LogP contribution is -2.08. The molecule has 2 heteroatoms. The smallest absolute Gasteiger partial charge is 0.201 e. The minimum absolute atomic E-state index is 0.00463. The molecule has 1 aromatic heterocycles. The first-order valence-electron chi connectivity index (χ1n) is 7.93. The van der Waals surface area contributed by atoms with E-state index in [0.717, 1.165) is 16.7 Å². The summed E-state index contributed by atoms with van der Waals surface area (Å²) in [7, 11) is 0. The van der Waals surface area contributed by atoms with Crippen LogP contribution in [0.1, 0.15) is 5.56 Å². The van der Waals surface area contributed by atoms with E-state index in [1.165, 1.54) is 0 Å². The van der Waals surface area contributed by atoms with Gasteiger partial charge in [0.25, 0.3) is 0 Å². The average molecular weight is 312 g/mol. The largest absolute Gasteiger partial charge is 0.455 e. The molecule has 0 atom stereocenters. The molecule has 4 aromatic rings. The first-order valence-corrected chi connectivity index (χ1v) is 7.93. The van der Waals surface area contributed by atoms with Gasteiger partial charge in [-0.25, -0.2) is 0 Å². The zero-order valence-corrected chi connectivity index (χ0v) is 13.3. The third-order valence-corrected chi connectivity index (χ3v) is 4.21. The van der Waals surface area contributed by atoms with Crippen molar-refractivity contribution < 1.29 is 4.42 Å². The zero-order chi connectivity index (χ0) is 16.5. The van der Waals surface area contributed by atoms with Gasteiger partial charge in [-0.1, -0.05) is 72.8 Å². The predicted molar refractivity (Wildman–Crippen MR) is 98.1 cm³/mol. The van der Waals surface area contributed by atoms with Crippen LogP contribution in [0.5, 0.6) is 0 Å². The van der Waals surface area contributed by atoms with Gasteiger partial charge in [0.2, 0.25) is 5.43 Å². The van der Waals surface area contributed by atoms with Crippen molar-refractivity contribution in [3.05, 3.63) is 94.6 Å². The van der Waals surface area contributed by atoms with Gasteiger partial charge in [-0.15, -0.1) is 0 Å². The highest BCUT2D eigenvalue weighted by Crippen LogP contribution is 2.33. The molecule has 24 heavy (non-hydrogen) atoms. The summed E-state index contributed by atoms with van der Waals surface area (Å²) in [4.78, 5) is 13.2. The normalized spacial score (nSPS) is 10.9. The maximum atomic E-state index is 13.2. The fraction of sp³-hybridized carbons (Fsp3) is 0.0455. The standard InChI is InChI=1S/C22H16O2/c1-15-9-8-14-18-20(23)19(16-10-4-2-5-11-16)22(24-21(15)18)17-12-6-3-7-13-17/h2-14H,1H3. The summed E-state index contributed by atoms with van der Waals surface area (Å²) < 4.78 is 6.25. The van der Waals surface area contributed by atoms with Crippen molar-refractivity contribution in [3.8, 4) is 22.5 Å². The van der Waals surface area contributed by atoms with E-state index in [0.29, 0.717) is 22.3 Å². The maximum Gasteiger partial charge on any atom is 0.201 e. The second-order valence-electron chi connectivity index (χ2n) is 5.82. The number of hydrogen-bond donors (Lipinski definition) is 0. The molecule has 0 aliphatic carbocycles. The van der Waals surface area contributed by atoms with Crippen LogP contribution in [-0.4, -0.2) is 0 Å². The summed E-state index contributed by atoms with van der Waals surface area (Å²) in [6.07, 6.45) is 0. The molecule has 0 unspecified atom stereocenters. The van der Waals surface area contributed by atoms with Gasteiger partial charge >= 0.3 is 0 Å². The van der Waals surface area contributed by atoms with E-state index >= 15 is 0 Å². The van der Waals surface area contributed by atoms with Crippen molar-refractivity contribution in [1.82, 2.24) is 0 Å². The van der Waals surface area contributed by atoms with Gasteiger partial charge in [-0.05, 0) is 24.1 Å². The van der Waals surface area contributed by atoms with Gasteiger partial charge in [0.15, 0.2) is 0 Å². The van der Waals surface area contributed by atoms with Crippen LogP contribution in [-0.2, 0) is 0 Å². The van der Waals surface area contributed by atoms with Crippen molar-refractivity contribution >= 4 is 11.0 Å². The predicted octanol–water partition coefficient (Wildman–Crippen LogP) is 5.44. The van der Waals surface area contributed by atoms with Gasteiger partial charge < -0.3 is 4.42 Å². The van der Waals surface area contributed by atoms with E-state index in [4.69, 9.17) is 4.42 Å². The lowest BCUT2D eigenvalue weighted by atomic mass is 9.98. The highest BCUT2D eigenvalue weighted by atomic mass is 16.3. The Labute approximate surface area is 140 Å². The minimum atomic E-state index is 0.00463. The summed E-state index contributed by atoms with van der Waals surface area (Å²) in [5.74, 6) is 0.619. The molecule has 4 rings (SSSR count). The molecule has 0 amide bonds. The minimum Gasteiger partial charge on any atom is -0.455 e. The quantitative estimate of drug-likeness (QED) is 0.493.